The highest BCUT2D eigenvalue weighted by Gasteiger charge is 2.38. The normalized spacial score (nSPS) is 14.4. The molecule has 1 unspecified atom stereocenters. The van der Waals surface area contributed by atoms with Crippen LogP contribution in [0.1, 0.15) is 26.7 Å². The van der Waals surface area contributed by atoms with Crippen molar-refractivity contribution >= 4 is 17.9 Å². The van der Waals surface area contributed by atoms with Crippen molar-refractivity contribution in [1.82, 2.24) is 0 Å². The lowest BCUT2D eigenvalue weighted by Crippen LogP contribution is -2.35. The van der Waals surface area contributed by atoms with Crippen molar-refractivity contribution in [2.45, 2.75) is 39.0 Å². The molecule has 0 aromatic rings. The Labute approximate surface area is 138 Å². The molecule has 25 heavy (non-hydrogen) atoms. The van der Waals surface area contributed by atoms with Crippen molar-refractivity contribution in [2.24, 2.45) is 5.41 Å². The first-order chi connectivity index (χ1) is 11.2. The number of alkyl halides is 6. The van der Waals surface area contributed by atoms with Crippen LogP contribution in [0, 0.1) is 5.41 Å². The molecule has 0 N–H and O–H groups in total. The molecular weight excluding hydrogens is 366 g/mol. The third-order valence-electron chi connectivity index (χ3n) is 2.92. The van der Waals surface area contributed by atoms with Crippen molar-refractivity contribution < 1.29 is 54.9 Å². The SMILES string of the molecule is CCC(C)(CC(=O)OCC(F)(F)F)C(=O)OCC(=O)OCC(F)(F)F. The van der Waals surface area contributed by atoms with E-state index in [1.54, 1.807) is 0 Å². The lowest BCUT2D eigenvalue weighted by atomic mass is 9.84. The molecule has 6 nitrogen and oxygen atoms in total. The van der Waals surface area contributed by atoms with Gasteiger partial charge in [-0.3, -0.25) is 9.59 Å². The zero-order valence-electron chi connectivity index (χ0n) is 13.3. The Balaban J connectivity index is 4.52. The summed E-state index contributed by atoms with van der Waals surface area (Å²) in [5, 5.41) is 0. The molecule has 1 atom stereocenters. The largest absolute Gasteiger partial charge is 0.456 e. The predicted molar refractivity (Wildman–Crippen MR) is 68.0 cm³/mol. The highest BCUT2D eigenvalue weighted by molar-refractivity contribution is 5.84. The molecule has 0 aliphatic heterocycles. The summed E-state index contributed by atoms with van der Waals surface area (Å²) in [6.07, 6.45) is -10.3. The molecule has 12 heteroatoms. The average Bonchev–Trinajstić information content (AvgIpc) is 2.46. The number of halogens is 6. The lowest BCUT2D eigenvalue weighted by Gasteiger charge is -2.24. The quantitative estimate of drug-likeness (QED) is 0.365. The highest BCUT2D eigenvalue weighted by atomic mass is 19.4. The molecule has 0 aliphatic rings. The van der Waals surface area contributed by atoms with E-state index in [1.165, 1.54) is 13.8 Å². The fraction of sp³-hybridized carbons (Fsp3) is 0.769. The Morgan fingerprint density at radius 2 is 1.24 bits per heavy atom. The summed E-state index contributed by atoms with van der Waals surface area (Å²) < 4.78 is 83.6. The number of carbonyl (C=O) groups is 3. The summed E-state index contributed by atoms with van der Waals surface area (Å²) in [6.45, 7) is -2.24. The van der Waals surface area contributed by atoms with Crippen molar-refractivity contribution in [3.8, 4) is 0 Å². The van der Waals surface area contributed by atoms with E-state index in [4.69, 9.17) is 0 Å². The fourth-order valence-electron chi connectivity index (χ4n) is 1.38. The summed E-state index contributed by atoms with van der Waals surface area (Å²) in [7, 11) is 0. The van der Waals surface area contributed by atoms with Gasteiger partial charge in [-0.2, -0.15) is 26.3 Å². The van der Waals surface area contributed by atoms with Gasteiger partial charge in [0.05, 0.1) is 11.8 Å². The maximum Gasteiger partial charge on any atom is 0.422 e. The van der Waals surface area contributed by atoms with E-state index in [0.29, 0.717) is 0 Å². The van der Waals surface area contributed by atoms with Crippen LogP contribution in [0.4, 0.5) is 26.3 Å². The minimum atomic E-state index is -4.75. The van der Waals surface area contributed by atoms with Gasteiger partial charge in [-0.15, -0.1) is 0 Å². The zero-order valence-corrected chi connectivity index (χ0v) is 13.3. The number of rotatable bonds is 8. The first-order valence-corrected chi connectivity index (χ1v) is 6.80. The van der Waals surface area contributed by atoms with Crippen LogP contribution in [-0.2, 0) is 28.6 Å². The van der Waals surface area contributed by atoms with Gasteiger partial charge >= 0.3 is 30.3 Å². The molecule has 0 bridgehead atoms. The summed E-state index contributed by atoms with van der Waals surface area (Å²) in [5.74, 6) is -3.95. The Kier molecular flexibility index (Phi) is 8.19. The molecule has 146 valence electrons. The Morgan fingerprint density at radius 1 is 0.800 bits per heavy atom. The van der Waals surface area contributed by atoms with E-state index in [0.717, 1.165) is 0 Å². The van der Waals surface area contributed by atoms with Gasteiger partial charge in [-0.1, -0.05) is 6.92 Å². The van der Waals surface area contributed by atoms with Gasteiger partial charge in [0, 0.05) is 0 Å². The smallest absolute Gasteiger partial charge is 0.422 e. The van der Waals surface area contributed by atoms with Gasteiger partial charge in [0.1, 0.15) is 0 Å². The number of hydrogen-bond donors (Lipinski definition) is 0. The third kappa shape index (κ3) is 10.5. The van der Waals surface area contributed by atoms with Crippen LogP contribution in [0.15, 0.2) is 0 Å². The topological polar surface area (TPSA) is 78.9 Å². The minimum absolute atomic E-state index is 0.0649. The maximum absolute atomic E-state index is 12.0. The number of esters is 3. The molecule has 0 aliphatic carbocycles. The molecule has 0 spiro atoms. The molecule has 0 saturated carbocycles. The van der Waals surface area contributed by atoms with Crippen LogP contribution in [0.25, 0.3) is 0 Å². The molecular formula is C13H16F6O6. The molecule has 0 radical (unpaired) electrons. The lowest BCUT2D eigenvalue weighted by molar-refractivity contribution is -0.192. The van der Waals surface area contributed by atoms with E-state index in [9.17, 15) is 40.7 Å². The fourth-order valence-corrected chi connectivity index (χ4v) is 1.38. The Bertz CT molecular complexity index is 486. The Hall–Kier alpha value is -2.01. The van der Waals surface area contributed by atoms with Gasteiger partial charge in [0.15, 0.2) is 19.8 Å². The molecule has 0 amide bonds. The first-order valence-electron chi connectivity index (χ1n) is 6.80. The van der Waals surface area contributed by atoms with E-state index >= 15 is 0 Å². The van der Waals surface area contributed by atoms with Crippen LogP contribution >= 0.6 is 0 Å². The van der Waals surface area contributed by atoms with Gasteiger partial charge in [0.25, 0.3) is 0 Å². The second-order valence-corrected chi connectivity index (χ2v) is 5.22. The summed E-state index contributed by atoms with van der Waals surface area (Å²) >= 11 is 0. The molecule has 0 aromatic heterocycles. The van der Waals surface area contributed by atoms with Crippen molar-refractivity contribution in [2.75, 3.05) is 19.8 Å². The first kappa shape index (κ1) is 23.0. The van der Waals surface area contributed by atoms with E-state index < -0.39 is 61.9 Å². The summed E-state index contributed by atoms with van der Waals surface area (Å²) in [5.41, 5.74) is -1.62. The molecule has 0 rings (SSSR count). The van der Waals surface area contributed by atoms with Crippen molar-refractivity contribution in [1.29, 1.82) is 0 Å². The Morgan fingerprint density at radius 3 is 1.64 bits per heavy atom. The van der Waals surface area contributed by atoms with Crippen LogP contribution in [0.2, 0.25) is 0 Å². The molecule has 0 heterocycles. The van der Waals surface area contributed by atoms with Gasteiger partial charge in [-0.25, -0.2) is 4.79 Å². The predicted octanol–water partition coefficient (Wildman–Crippen LogP) is 2.55. The second-order valence-electron chi connectivity index (χ2n) is 5.22. The third-order valence-corrected chi connectivity index (χ3v) is 2.92. The monoisotopic (exact) mass is 382 g/mol. The summed E-state index contributed by atoms with van der Waals surface area (Å²) in [6, 6.07) is 0. The zero-order chi connectivity index (χ0) is 19.9. The van der Waals surface area contributed by atoms with E-state index in [2.05, 4.69) is 14.2 Å². The van der Waals surface area contributed by atoms with Gasteiger partial charge in [-0.05, 0) is 13.3 Å². The molecule has 0 fully saturated rings. The van der Waals surface area contributed by atoms with Gasteiger partial charge in [0.2, 0.25) is 0 Å². The summed E-state index contributed by atoms with van der Waals surface area (Å²) in [4.78, 5) is 34.3. The van der Waals surface area contributed by atoms with Crippen molar-refractivity contribution in [3.05, 3.63) is 0 Å². The van der Waals surface area contributed by atoms with Crippen molar-refractivity contribution in [3.63, 3.8) is 0 Å². The maximum atomic E-state index is 12.0. The minimum Gasteiger partial charge on any atom is -0.456 e. The highest BCUT2D eigenvalue weighted by Crippen LogP contribution is 2.28. The second kappa shape index (κ2) is 8.90. The molecule has 0 saturated heterocycles. The standard InChI is InChI=1S/C13H16F6O6/c1-3-11(2,4-8(20)24-6-12(14,15)16)10(22)23-5-9(21)25-7-13(17,18)19/h3-7H2,1-2H3. The number of carbonyl (C=O) groups excluding carboxylic acids is 3. The van der Waals surface area contributed by atoms with E-state index in [-0.39, 0.29) is 6.42 Å². The van der Waals surface area contributed by atoms with Gasteiger partial charge < -0.3 is 14.2 Å². The van der Waals surface area contributed by atoms with Crippen LogP contribution in [-0.4, -0.2) is 50.1 Å². The van der Waals surface area contributed by atoms with Crippen LogP contribution < -0.4 is 0 Å². The number of ether oxygens (including phenoxy) is 3. The number of hydrogen-bond acceptors (Lipinski definition) is 6. The molecule has 0 aromatic carbocycles. The van der Waals surface area contributed by atoms with Crippen LogP contribution in [0.3, 0.4) is 0 Å². The van der Waals surface area contributed by atoms with E-state index in [1.807, 2.05) is 0 Å². The van der Waals surface area contributed by atoms with Crippen LogP contribution in [0.5, 0.6) is 0 Å². The average molecular weight is 382 g/mol.